The van der Waals surface area contributed by atoms with Gasteiger partial charge in [0.05, 0.1) is 0 Å². The molecule has 0 radical (unpaired) electrons. The molecule has 2 aliphatic rings. The predicted octanol–water partition coefficient (Wildman–Crippen LogP) is 5.14. The number of anilines is 1. The first-order valence-electron chi connectivity index (χ1n) is 10.4. The molecule has 0 atom stereocenters. The summed E-state index contributed by atoms with van der Waals surface area (Å²) in [4.78, 5) is 12.1. The van der Waals surface area contributed by atoms with Crippen molar-refractivity contribution >= 4 is 28.5 Å². The minimum absolute atomic E-state index is 0.461. The highest BCUT2D eigenvalue weighted by Gasteiger charge is 2.25. The maximum Gasteiger partial charge on any atom is 0.137 e. The van der Waals surface area contributed by atoms with Crippen LogP contribution in [-0.2, 0) is 0 Å². The minimum atomic E-state index is 0.461. The molecule has 0 unspecified atom stereocenters. The molecule has 0 amide bonds. The second-order valence-electron chi connectivity index (χ2n) is 8.15. The molecule has 3 N–H and O–H groups in total. The molecule has 2 saturated carbocycles. The van der Waals surface area contributed by atoms with Gasteiger partial charge in [0, 0.05) is 41.5 Å². The lowest BCUT2D eigenvalue weighted by Gasteiger charge is -2.36. The van der Waals surface area contributed by atoms with Crippen molar-refractivity contribution in [2.75, 3.05) is 5.32 Å². The van der Waals surface area contributed by atoms with E-state index in [2.05, 4.69) is 37.7 Å². The Labute approximate surface area is 170 Å². The summed E-state index contributed by atoms with van der Waals surface area (Å²) in [5.74, 6) is 0.858. The molecule has 2 aliphatic carbocycles. The highest BCUT2D eigenvalue weighted by molar-refractivity contribution is 6.29. The van der Waals surface area contributed by atoms with Crippen LogP contribution in [0.5, 0.6) is 0 Å². The Morgan fingerprint density at radius 1 is 1.00 bits per heavy atom. The van der Waals surface area contributed by atoms with Crippen LogP contribution in [0.4, 0.5) is 5.82 Å². The summed E-state index contributed by atoms with van der Waals surface area (Å²) in [5, 5.41) is 9.05. The quantitative estimate of drug-likeness (QED) is 0.523. The Morgan fingerprint density at radius 3 is 2.57 bits per heavy atom. The number of pyridine rings is 2. The van der Waals surface area contributed by atoms with Gasteiger partial charge in [0.15, 0.2) is 0 Å². The van der Waals surface area contributed by atoms with E-state index in [0.717, 1.165) is 34.0 Å². The van der Waals surface area contributed by atoms with Crippen molar-refractivity contribution in [2.45, 2.75) is 63.1 Å². The molecular weight excluding hydrogens is 370 g/mol. The van der Waals surface area contributed by atoms with Crippen LogP contribution in [-0.4, -0.2) is 33.1 Å². The molecular formula is C22H26ClN5. The van der Waals surface area contributed by atoms with Crippen LogP contribution in [0.3, 0.4) is 0 Å². The highest BCUT2D eigenvalue weighted by atomic mass is 35.5. The number of H-pyrrole nitrogens is 1. The second kappa shape index (κ2) is 7.72. The third-order valence-corrected chi connectivity index (χ3v) is 6.41. The van der Waals surface area contributed by atoms with Crippen LogP contribution in [0.15, 0.2) is 36.7 Å². The standard InChI is InChI=1S/C22H26ClN5/c23-20-11-14(19-13-25-22-18(19)5-2-10-24-22)12-21(28-20)27-17-8-6-16(7-9-17)26-15-3-1-4-15/h2,5,10-13,15-17,26H,1,3-4,6-9H2,(H,24,25)(H,27,28). The monoisotopic (exact) mass is 395 g/mol. The van der Waals surface area contributed by atoms with E-state index in [1.807, 2.05) is 18.3 Å². The molecule has 28 heavy (non-hydrogen) atoms. The third-order valence-electron chi connectivity index (χ3n) is 6.21. The van der Waals surface area contributed by atoms with Crippen molar-refractivity contribution in [1.29, 1.82) is 0 Å². The zero-order valence-electron chi connectivity index (χ0n) is 15.9. The Hall–Kier alpha value is -2.11. The molecule has 0 bridgehead atoms. The lowest BCUT2D eigenvalue weighted by Crippen LogP contribution is -2.45. The first-order chi connectivity index (χ1) is 13.7. The summed E-state index contributed by atoms with van der Waals surface area (Å²) in [6.45, 7) is 0. The molecule has 3 aromatic heterocycles. The van der Waals surface area contributed by atoms with Gasteiger partial charge in [0.1, 0.15) is 16.6 Å². The van der Waals surface area contributed by atoms with Gasteiger partial charge in [-0.1, -0.05) is 18.0 Å². The summed E-state index contributed by atoms with van der Waals surface area (Å²) in [6, 6.07) is 9.97. The number of rotatable bonds is 5. The summed E-state index contributed by atoms with van der Waals surface area (Å²) in [5.41, 5.74) is 3.04. The number of hydrogen-bond acceptors (Lipinski definition) is 4. The summed E-state index contributed by atoms with van der Waals surface area (Å²) >= 11 is 6.35. The predicted molar refractivity (Wildman–Crippen MR) is 115 cm³/mol. The number of hydrogen-bond donors (Lipinski definition) is 3. The zero-order chi connectivity index (χ0) is 18.9. The van der Waals surface area contributed by atoms with Crippen molar-refractivity contribution < 1.29 is 0 Å². The Balaban J connectivity index is 1.28. The molecule has 0 saturated heterocycles. The lowest BCUT2D eigenvalue weighted by atomic mass is 9.87. The molecule has 0 aromatic carbocycles. The van der Waals surface area contributed by atoms with E-state index in [9.17, 15) is 0 Å². The lowest BCUT2D eigenvalue weighted by molar-refractivity contribution is 0.260. The van der Waals surface area contributed by atoms with Crippen LogP contribution in [0.2, 0.25) is 5.15 Å². The SMILES string of the molecule is Clc1cc(-c2c[nH]c3ncccc23)cc(NC2CCC(NC3CCC3)CC2)n1. The Morgan fingerprint density at radius 2 is 1.79 bits per heavy atom. The maximum atomic E-state index is 6.35. The topological polar surface area (TPSA) is 65.6 Å². The van der Waals surface area contributed by atoms with Gasteiger partial charge < -0.3 is 15.6 Å². The molecule has 5 nitrogen and oxygen atoms in total. The molecule has 3 aromatic rings. The highest BCUT2D eigenvalue weighted by Crippen LogP contribution is 2.32. The summed E-state index contributed by atoms with van der Waals surface area (Å²) in [6.07, 6.45) is 12.7. The number of aromatic amines is 1. The number of nitrogens with one attached hydrogen (secondary N) is 3. The molecule has 6 heteroatoms. The molecule has 3 heterocycles. The van der Waals surface area contributed by atoms with E-state index < -0.39 is 0 Å². The fourth-order valence-electron chi connectivity index (χ4n) is 4.44. The maximum absolute atomic E-state index is 6.35. The molecule has 2 fully saturated rings. The summed E-state index contributed by atoms with van der Waals surface area (Å²) < 4.78 is 0. The van der Waals surface area contributed by atoms with Gasteiger partial charge >= 0.3 is 0 Å². The van der Waals surface area contributed by atoms with Crippen LogP contribution in [0, 0.1) is 0 Å². The average Bonchev–Trinajstić information content (AvgIpc) is 3.10. The Bertz CT molecular complexity index is 956. The normalized spacial score (nSPS) is 22.9. The van der Waals surface area contributed by atoms with Crippen molar-refractivity contribution in [3.63, 3.8) is 0 Å². The fourth-order valence-corrected chi connectivity index (χ4v) is 4.65. The molecule has 5 rings (SSSR count). The Kier molecular flexibility index (Phi) is 4.95. The first-order valence-corrected chi connectivity index (χ1v) is 10.7. The van der Waals surface area contributed by atoms with Gasteiger partial charge in [-0.2, -0.15) is 0 Å². The third kappa shape index (κ3) is 3.74. The zero-order valence-corrected chi connectivity index (χ0v) is 16.7. The molecule has 0 aliphatic heterocycles. The van der Waals surface area contributed by atoms with E-state index >= 15 is 0 Å². The van der Waals surface area contributed by atoms with Crippen LogP contribution < -0.4 is 10.6 Å². The number of halogens is 1. The number of aromatic nitrogens is 3. The van der Waals surface area contributed by atoms with Crippen molar-refractivity contribution in [3.8, 4) is 11.1 Å². The average molecular weight is 396 g/mol. The van der Waals surface area contributed by atoms with Gasteiger partial charge in [-0.15, -0.1) is 0 Å². The van der Waals surface area contributed by atoms with Crippen LogP contribution >= 0.6 is 11.6 Å². The minimum Gasteiger partial charge on any atom is -0.367 e. The van der Waals surface area contributed by atoms with Crippen LogP contribution in [0.1, 0.15) is 44.9 Å². The molecule has 0 spiro atoms. The van der Waals surface area contributed by atoms with E-state index in [0.29, 0.717) is 17.2 Å². The van der Waals surface area contributed by atoms with E-state index in [-0.39, 0.29) is 0 Å². The first kappa shape index (κ1) is 18.0. The van der Waals surface area contributed by atoms with E-state index in [1.165, 1.54) is 44.9 Å². The second-order valence-corrected chi connectivity index (χ2v) is 8.54. The van der Waals surface area contributed by atoms with E-state index in [4.69, 9.17) is 11.6 Å². The smallest absolute Gasteiger partial charge is 0.137 e. The largest absolute Gasteiger partial charge is 0.367 e. The van der Waals surface area contributed by atoms with Gasteiger partial charge in [-0.3, -0.25) is 0 Å². The van der Waals surface area contributed by atoms with Crippen molar-refractivity contribution in [2.24, 2.45) is 0 Å². The van der Waals surface area contributed by atoms with Crippen molar-refractivity contribution in [3.05, 3.63) is 41.8 Å². The fraction of sp³-hybridized carbons (Fsp3) is 0.455. The van der Waals surface area contributed by atoms with Gasteiger partial charge in [0.2, 0.25) is 0 Å². The van der Waals surface area contributed by atoms with Crippen LogP contribution in [0.25, 0.3) is 22.2 Å². The van der Waals surface area contributed by atoms with Crippen molar-refractivity contribution in [1.82, 2.24) is 20.3 Å². The van der Waals surface area contributed by atoms with Gasteiger partial charge in [0.25, 0.3) is 0 Å². The molecule has 146 valence electrons. The van der Waals surface area contributed by atoms with Gasteiger partial charge in [-0.25, -0.2) is 9.97 Å². The van der Waals surface area contributed by atoms with Gasteiger partial charge in [-0.05, 0) is 68.4 Å². The van der Waals surface area contributed by atoms with E-state index in [1.54, 1.807) is 6.20 Å². The number of nitrogens with zero attached hydrogens (tertiary/aromatic N) is 2. The summed E-state index contributed by atoms with van der Waals surface area (Å²) in [7, 11) is 0. The number of fused-ring (bicyclic) bond motifs is 1.